The summed E-state index contributed by atoms with van der Waals surface area (Å²) in [5.41, 5.74) is 0.993. The monoisotopic (exact) mass is 331 g/mol. The molecule has 7 nitrogen and oxygen atoms in total. The Morgan fingerprint density at radius 1 is 1.25 bits per heavy atom. The van der Waals surface area contributed by atoms with Crippen molar-refractivity contribution in [3.63, 3.8) is 0 Å². The molecule has 1 aromatic rings. The van der Waals surface area contributed by atoms with Gasteiger partial charge < -0.3 is 14.5 Å². The van der Waals surface area contributed by atoms with Crippen molar-refractivity contribution in [3.8, 4) is 5.75 Å². The van der Waals surface area contributed by atoms with Crippen LogP contribution in [0.4, 0.5) is 4.79 Å². The molecule has 0 spiro atoms. The van der Waals surface area contributed by atoms with Crippen LogP contribution >= 0.6 is 0 Å². The molecule has 0 unspecified atom stereocenters. The van der Waals surface area contributed by atoms with Crippen LogP contribution in [0.5, 0.6) is 5.75 Å². The van der Waals surface area contributed by atoms with Crippen LogP contribution in [-0.2, 0) is 16.1 Å². The molecule has 128 valence electrons. The molecule has 0 N–H and O–H groups in total. The van der Waals surface area contributed by atoms with Crippen molar-refractivity contribution < 1.29 is 19.1 Å². The summed E-state index contributed by atoms with van der Waals surface area (Å²) in [6, 6.07) is 7.34. The third kappa shape index (κ3) is 3.34. The van der Waals surface area contributed by atoms with E-state index in [4.69, 9.17) is 4.74 Å². The summed E-state index contributed by atoms with van der Waals surface area (Å²) in [5.74, 6) is 0.251. The highest BCUT2D eigenvalue weighted by atomic mass is 16.5. The second-order valence-electron chi connectivity index (χ2n) is 6.22. The Labute approximate surface area is 140 Å². The van der Waals surface area contributed by atoms with Gasteiger partial charge in [0.25, 0.3) is 5.91 Å². The molecular weight excluding hydrogens is 310 g/mol. The lowest BCUT2D eigenvalue weighted by molar-refractivity contribution is -0.137. The molecule has 1 heterocycles. The molecule has 1 aliphatic carbocycles. The van der Waals surface area contributed by atoms with Gasteiger partial charge >= 0.3 is 6.03 Å². The zero-order valence-corrected chi connectivity index (χ0v) is 13.9. The van der Waals surface area contributed by atoms with Gasteiger partial charge in [-0.2, -0.15) is 0 Å². The van der Waals surface area contributed by atoms with Gasteiger partial charge in [0, 0.05) is 19.6 Å². The molecule has 2 fully saturated rings. The maximum absolute atomic E-state index is 12.6. The number of imide groups is 1. The van der Waals surface area contributed by atoms with Crippen LogP contribution in [0.3, 0.4) is 0 Å². The average Bonchev–Trinajstić information content (AvgIpc) is 3.38. The predicted octanol–water partition coefficient (Wildman–Crippen LogP) is 1.08. The lowest BCUT2D eigenvalue weighted by atomic mass is 10.2. The van der Waals surface area contributed by atoms with Crippen molar-refractivity contribution in [1.82, 2.24) is 14.7 Å². The summed E-state index contributed by atoms with van der Waals surface area (Å²) in [5, 5.41) is 0. The first kappa shape index (κ1) is 16.3. The summed E-state index contributed by atoms with van der Waals surface area (Å²) in [7, 11) is 3.16. The van der Waals surface area contributed by atoms with Crippen LogP contribution in [0.15, 0.2) is 24.3 Å². The molecular formula is C17H21N3O4. The van der Waals surface area contributed by atoms with E-state index < -0.39 is 6.03 Å². The number of carbonyl (C=O) groups is 3. The van der Waals surface area contributed by atoms with E-state index in [9.17, 15) is 14.4 Å². The molecule has 0 bridgehead atoms. The second kappa shape index (κ2) is 6.51. The molecule has 0 radical (unpaired) electrons. The van der Waals surface area contributed by atoms with Gasteiger partial charge in [-0.3, -0.25) is 14.5 Å². The first-order valence-corrected chi connectivity index (χ1v) is 7.97. The minimum absolute atomic E-state index is 0.0357. The maximum atomic E-state index is 12.6. The van der Waals surface area contributed by atoms with E-state index in [1.165, 1.54) is 4.90 Å². The highest BCUT2D eigenvalue weighted by Crippen LogP contribution is 2.29. The van der Waals surface area contributed by atoms with E-state index in [2.05, 4.69) is 0 Å². The van der Waals surface area contributed by atoms with E-state index in [1.54, 1.807) is 19.1 Å². The minimum atomic E-state index is -0.409. The van der Waals surface area contributed by atoms with Crippen LogP contribution in [-0.4, -0.2) is 65.8 Å². The number of amides is 4. The van der Waals surface area contributed by atoms with Crippen molar-refractivity contribution in [2.24, 2.45) is 0 Å². The number of methoxy groups -OCH3 is 1. The fraction of sp³-hybridized carbons (Fsp3) is 0.471. The Morgan fingerprint density at radius 3 is 2.42 bits per heavy atom. The second-order valence-corrected chi connectivity index (χ2v) is 6.22. The van der Waals surface area contributed by atoms with E-state index in [1.807, 2.05) is 24.3 Å². The number of hydrogen-bond donors (Lipinski definition) is 0. The Bertz CT molecular complexity index is 654. The number of carbonyl (C=O) groups excluding carboxylic acids is 3. The number of likely N-dealkylation sites (N-methyl/N-ethyl adjacent to an activating group) is 1. The third-order valence-corrected chi connectivity index (χ3v) is 4.34. The molecule has 1 aliphatic heterocycles. The molecule has 0 aromatic heterocycles. The largest absolute Gasteiger partial charge is 0.497 e. The van der Waals surface area contributed by atoms with Crippen molar-refractivity contribution in [3.05, 3.63) is 29.8 Å². The van der Waals surface area contributed by atoms with Crippen LogP contribution in [0.25, 0.3) is 0 Å². The SMILES string of the molecule is COc1ccc(CN(C(=O)CN2C(=O)CN(C)C2=O)C2CC2)cc1. The number of rotatable bonds is 6. The summed E-state index contributed by atoms with van der Waals surface area (Å²) in [6.07, 6.45) is 1.92. The van der Waals surface area contributed by atoms with Gasteiger partial charge in [0.15, 0.2) is 0 Å². The molecule has 4 amide bonds. The lowest BCUT2D eigenvalue weighted by Crippen LogP contribution is -2.43. The van der Waals surface area contributed by atoms with Crippen LogP contribution < -0.4 is 4.74 Å². The van der Waals surface area contributed by atoms with Gasteiger partial charge in [0.1, 0.15) is 18.8 Å². The summed E-state index contributed by atoms with van der Waals surface area (Å²) < 4.78 is 5.14. The van der Waals surface area contributed by atoms with Crippen molar-refractivity contribution >= 4 is 17.8 Å². The number of ether oxygens (including phenoxy) is 1. The average molecular weight is 331 g/mol. The van der Waals surface area contributed by atoms with Crippen LogP contribution in [0, 0.1) is 0 Å². The molecule has 3 rings (SSSR count). The highest BCUT2D eigenvalue weighted by molar-refractivity contribution is 6.04. The molecule has 1 saturated carbocycles. The lowest BCUT2D eigenvalue weighted by Gasteiger charge is -2.25. The first-order valence-electron chi connectivity index (χ1n) is 7.97. The summed E-state index contributed by atoms with van der Waals surface area (Å²) >= 11 is 0. The van der Waals surface area contributed by atoms with Crippen molar-refractivity contribution in [1.29, 1.82) is 0 Å². The normalized spacial score (nSPS) is 17.4. The molecule has 0 atom stereocenters. The molecule has 1 aromatic carbocycles. The van der Waals surface area contributed by atoms with E-state index in [0.29, 0.717) is 6.54 Å². The number of hydrogen-bond acceptors (Lipinski definition) is 4. The Kier molecular flexibility index (Phi) is 4.42. The van der Waals surface area contributed by atoms with Crippen LogP contribution in [0.2, 0.25) is 0 Å². The zero-order chi connectivity index (χ0) is 17.3. The topological polar surface area (TPSA) is 70.2 Å². The standard InChI is InChI=1S/C17H21N3O4/c1-18-10-15(21)20(17(18)23)11-16(22)19(13-5-6-13)9-12-3-7-14(24-2)8-4-12/h3-4,7-8,13H,5-6,9-11H2,1-2H3. The fourth-order valence-corrected chi connectivity index (χ4v) is 2.79. The first-order chi connectivity index (χ1) is 11.5. The van der Waals surface area contributed by atoms with Gasteiger partial charge in [0.2, 0.25) is 5.91 Å². The molecule has 24 heavy (non-hydrogen) atoms. The van der Waals surface area contributed by atoms with Crippen molar-refractivity contribution in [2.45, 2.75) is 25.4 Å². The van der Waals surface area contributed by atoms with E-state index in [0.717, 1.165) is 29.1 Å². The number of benzene rings is 1. The predicted molar refractivity (Wildman–Crippen MR) is 86.3 cm³/mol. The smallest absolute Gasteiger partial charge is 0.327 e. The Balaban J connectivity index is 1.67. The third-order valence-electron chi connectivity index (χ3n) is 4.34. The Morgan fingerprint density at radius 2 is 1.92 bits per heavy atom. The van der Waals surface area contributed by atoms with Crippen LogP contribution in [0.1, 0.15) is 18.4 Å². The quantitative estimate of drug-likeness (QED) is 0.732. The van der Waals surface area contributed by atoms with Crippen molar-refractivity contribution in [2.75, 3.05) is 27.2 Å². The van der Waals surface area contributed by atoms with Gasteiger partial charge in [-0.1, -0.05) is 12.1 Å². The minimum Gasteiger partial charge on any atom is -0.497 e. The van der Waals surface area contributed by atoms with Gasteiger partial charge in [-0.05, 0) is 30.5 Å². The molecule has 2 aliphatic rings. The Hall–Kier alpha value is -2.57. The fourth-order valence-electron chi connectivity index (χ4n) is 2.79. The summed E-state index contributed by atoms with van der Waals surface area (Å²) in [6.45, 7) is 0.322. The van der Waals surface area contributed by atoms with Gasteiger partial charge in [-0.15, -0.1) is 0 Å². The molecule has 7 heteroatoms. The van der Waals surface area contributed by atoms with E-state index >= 15 is 0 Å². The molecule has 1 saturated heterocycles. The number of urea groups is 1. The summed E-state index contributed by atoms with van der Waals surface area (Å²) in [4.78, 5) is 40.5. The maximum Gasteiger partial charge on any atom is 0.327 e. The van der Waals surface area contributed by atoms with E-state index in [-0.39, 0.29) is 30.9 Å². The highest BCUT2D eigenvalue weighted by Gasteiger charge is 2.38. The van der Waals surface area contributed by atoms with Gasteiger partial charge in [-0.25, -0.2) is 4.79 Å². The van der Waals surface area contributed by atoms with Gasteiger partial charge in [0.05, 0.1) is 7.11 Å². The zero-order valence-electron chi connectivity index (χ0n) is 13.9. The number of nitrogens with zero attached hydrogens (tertiary/aromatic N) is 3.